The number of amides is 1. The van der Waals surface area contributed by atoms with Crippen LogP contribution in [0.15, 0.2) is 65.6 Å². The highest BCUT2D eigenvalue weighted by Gasteiger charge is 2.22. The molecule has 0 aliphatic carbocycles. The van der Waals surface area contributed by atoms with Crippen LogP contribution >= 0.6 is 0 Å². The number of fused-ring (bicyclic) bond motifs is 1. The van der Waals surface area contributed by atoms with Crippen molar-refractivity contribution in [2.75, 3.05) is 16.8 Å². The van der Waals surface area contributed by atoms with Crippen molar-refractivity contribution in [1.29, 1.82) is 0 Å². The van der Waals surface area contributed by atoms with Crippen LogP contribution in [0.3, 0.4) is 0 Å². The van der Waals surface area contributed by atoms with Crippen molar-refractivity contribution in [3.63, 3.8) is 0 Å². The van der Waals surface area contributed by atoms with Crippen LogP contribution in [-0.4, -0.2) is 32.2 Å². The molecule has 0 spiro atoms. The van der Waals surface area contributed by atoms with Crippen molar-refractivity contribution in [3.05, 3.63) is 77.4 Å². The minimum absolute atomic E-state index is 0.0471. The molecule has 9 nitrogen and oxygen atoms in total. The van der Waals surface area contributed by atoms with Gasteiger partial charge in [-0.3, -0.25) is 9.52 Å². The van der Waals surface area contributed by atoms with Gasteiger partial charge >= 0.3 is 5.97 Å². The summed E-state index contributed by atoms with van der Waals surface area (Å²) in [5.74, 6) is -0.733. The maximum absolute atomic E-state index is 13.0. The second kappa shape index (κ2) is 8.23. The maximum atomic E-state index is 13.0. The summed E-state index contributed by atoms with van der Waals surface area (Å²) < 4.78 is 38.9. The van der Waals surface area contributed by atoms with Gasteiger partial charge in [0.15, 0.2) is 11.5 Å². The number of nitrogens with one attached hydrogen (secondary N) is 2. The van der Waals surface area contributed by atoms with Gasteiger partial charge in [-0.15, -0.1) is 0 Å². The molecule has 3 aromatic carbocycles. The Morgan fingerprint density at radius 1 is 0.969 bits per heavy atom. The first-order chi connectivity index (χ1) is 15.2. The Bertz CT molecular complexity index is 1340. The fourth-order valence-electron chi connectivity index (χ4n) is 3.17. The Hall–Kier alpha value is -4.05. The molecule has 0 atom stereocenters. The zero-order valence-electron chi connectivity index (χ0n) is 16.8. The number of carboxylic acid groups (broad SMARTS) is 1. The van der Waals surface area contributed by atoms with Crippen LogP contribution in [0.1, 0.15) is 26.3 Å². The summed E-state index contributed by atoms with van der Waals surface area (Å²) in [6.07, 6.45) is 0. The Labute approximate surface area is 183 Å². The van der Waals surface area contributed by atoms with Crippen LogP contribution in [0.2, 0.25) is 0 Å². The average molecular weight is 454 g/mol. The van der Waals surface area contributed by atoms with Crippen molar-refractivity contribution in [2.24, 2.45) is 0 Å². The molecule has 0 unspecified atom stereocenters. The summed E-state index contributed by atoms with van der Waals surface area (Å²) in [6.45, 7) is 1.65. The molecule has 1 amide bonds. The largest absolute Gasteiger partial charge is 0.478 e. The van der Waals surface area contributed by atoms with Crippen molar-refractivity contribution in [3.8, 4) is 11.5 Å². The first kappa shape index (κ1) is 21.2. The number of para-hydroxylation sites is 1. The number of sulfonamides is 1. The topological polar surface area (TPSA) is 131 Å². The first-order valence-electron chi connectivity index (χ1n) is 9.41. The zero-order valence-corrected chi connectivity index (χ0v) is 17.6. The van der Waals surface area contributed by atoms with E-state index in [4.69, 9.17) is 9.47 Å². The molecule has 3 N–H and O–H groups in total. The van der Waals surface area contributed by atoms with Gasteiger partial charge in [0.1, 0.15) is 0 Å². The molecule has 1 aliphatic heterocycles. The number of rotatable bonds is 6. The molecule has 0 fully saturated rings. The van der Waals surface area contributed by atoms with Gasteiger partial charge in [0.25, 0.3) is 15.9 Å². The molecule has 0 aromatic heterocycles. The van der Waals surface area contributed by atoms with Crippen LogP contribution in [0.25, 0.3) is 0 Å². The van der Waals surface area contributed by atoms with Gasteiger partial charge in [-0.05, 0) is 48.9 Å². The SMILES string of the molecule is Cc1ccc(C(=O)O)cc1S(=O)(=O)Nc1ccccc1C(=O)Nc1ccc2c(c1)OCO2. The molecule has 164 valence electrons. The van der Waals surface area contributed by atoms with Gasteiger partial charge in [0.2, 0.25) is 6.79 Å². The third-order valence-corrected chi connectivity index (χ3v) is 6.28. The maximum Gasteiger partial charge on any atom is 0.335 e. The molecular formula is C22H18N2O7S. The number of hydrogen-bond donors (Lipinski definition) is 3. The molecule has 10 heteroatoms. The van der Waals surface area contributed by atoms with Gasteiger partial charge in [-0.1, -0.05) is 18.2 Å². The first-order valence-corrected chi connectivity index (χ1v) is 10.9. The van der Waals surface area contributed by atoms with Crippen molar-refractivity contribution in [1.82, 2.24) is 0 Å². The Kier molecular flexibility index (Phi) is 5.45. The second-order valence-corrected chi connectivity index (χ2v) is 8.61. The minimum atomic E-state index is -4.17. The number of aryl methyl sites for hydroxylation is 1. The number of carbonyl (C=O) groups excluding carboxylic acids is 1. The lowest BCUT2D eigenvalue weighted by atomic mass is 10.1. The second-order valence-electron chi connectivity index (χ2n) is 6.96. The molecule has 32 heavy (non-hydrogen) atoms. The quantitative estimate of drug-likeness (QED) is 0.520. The van der Waals surface area contributed by atoms with Crippen molar-refractivity contribution >= 4 is 33.3 Å². The van der Waals surface area contributed by atoms with E-state index in [0.717, 1.165) is 6.07 Å². The fourth-order valence-corrected chi connectivity index (χ4v) is 4.52. The summed E-state index contributed by atoms with van der Waals surface area (Å²) in [6, 6.07) is 14.8. The predicted octanol–water partition coefficient (Wildman–Crippen LogP) is 3.48. The van der Waals surface area contributed by atoms with Gasteiger partial charge in [0, 0.05) is 11.8 Å². The minimum Gasteiger partial charge on any atom is -0.478 e. The molecule has 0 saturated heterocycles. The normalized spacial score (nSPS) is 12.3. The molecule has 1 aliphatic rings. The number of hydrogen-bond acceptors (Lipinski definition) is 6. The van der Waals surface area contributed by atoms with E-state index in [-0.39, 0.29) is 28.5 Å². The number of carboxylic acids is 1. The average Bonchev–Trinajstić information content (AvgIpc) is 3.21. The lowest BCUT2D eigenvalue weighted by Crippen LogP contribution is -2.19. The number of anilines is 2. The highest BCUT2D eigenvalue weighted by atomic mass is 32.2. The Morgan fingerprint density at radius 3 is 2.50 bits per heavy atom. The summed E-state index contributed by atoms with van der Waals surface area (Å²) in [7, 11) is -4.17. The summed E-state index contributed by atoms with van der Waals surface area (Å²) in [5.41, 5.74) is 0.781. The lowest BCUT2D eigenvalue weighted by Gasteiger charge is -2.14. The van der Waals surface area contributed by atoms with E-state index < -0.39 is 21.9 Å². The monoisotopic (exact) mass is 454 g/mol. The van der Waals surface area contributed by atoms with E-state index >= 15 is 0 Å². The Balaban J connectivity index is 1.62. The third-order valence-electron chi connectivity index (χ3n) is 4.77. The van der Waals surface area contributed by atoms with E-state index in [1.165, 1.54) is 24.3 Å². The molecule has 0 bridgehead atoms. The highest BCUT2D eigenvalue weighted by molar-refractivity contribution is 7.92. The van der Waals surface area contributed by atoms with Gasteiger partial charge in [0.05, 0.1) is 21.7 Å². The van der Waals surface area contributed by atoms with Gasteiger partial charge in [-0.25, -0.2) is 13.2 Å². The molecule has 3 aromatic rings. The number of ether oxygens (including phenoxy) is 2. The van der Waals surface area contributed by atoms with E-state index in [9.17, 15) is 23.1 Å². The summed E-state index contributed by atoms with van der Waals surface area (Å²) in [5, 5.41) is 11.9. The van der Waals surface area contributed by atoms with Crippen LogP contribution in [-0.2, 0) is 10.0 Å². The number of benzene rings is 3. The highest BCUT2D eigenvalue weighted by Crippen LogP contribution is 2.34. The number of aromatic carboxylic acids is 1. The van der Waals surface area contributed by atoms with Gasteiger partial charge in [-0.2, -0.15) is 0 Å². The summed E-state index contributed by atoms with van der Waals surface area (Å²) in [4.78, 5) is 23.9. The van der Waals surface area contributed by atoms with E-state index in [1.807, 2.05) is 0 Å². The number of carbonyl (C=O) groups is 2. The standard InChI is InChI=1S/C22H18N2O7S/c1-13-6-7-14(22(26)27)10-20(13)32(28,29)24-17-5-3-2-4-16(17)21(25)23-15-8-9-18-19(11-15)31-12-30-18/h2-11,24H,12H2,1H3,(H,23,25)(H,26,27). The third kappa shape index (κ3) is 4.21. The van der Waals surface area contributed by atoms with Crippen LogP contribution < -0.4 is 19.5 Å². The van der Waals surface area contributed by atoms with Gasteiger partial charge < -0.3 is 19.9 Å². The van der Waals surface area contributed by atoms with Crippen molar-refractivity contribution < 1.29 is 32.6 Å². The fraction of sp³-hybridized carbons (Fsp3) is 0.0909. The molecule has 4 rings (SSSR count). The van der Waals surface area contributed by atoms with Crippen LogP contribution in [0.5, 0.6) is 11.5 Å². The van der Waals surface area contributed by atoms with Crippen molar-refractivity contribution in [2.45, 2.75) is 11.8 Å². The predicted molar refractivity (Wildman–Crippen MR) is 116 cm³/mol. The van der Waals surface area contributed by atoms with E-state index in [2.05, 4.69) is 10.0 Å². The van der Waals surface area contributed by atoms with E-state index in [0.29, 0.717) is 22.7 Å². The lowest BCUT2D eigenvalue weighted by molar-refractivity contribution is 0.0696. The van der Waals surface area contributed by atoms with E-state index in [1.54, 1.807) is 37.3 Å². The molecule has 0 saturated carbocycles. The zero-order chi connectivity index (χ0) is 22.9. The molecule has 1 heterocycles. The smallest absolute Gasteiger partial charge is 0.335 e. The molecular weight excluding hydrogens is 436 g/mol. The molecule has 0 radical (unpaired) electrons. The summed E-state index contributed by atoms with van der Waals surface area (Å²) >= 11 is 0. The van der Waals surface area contributed by atoms with Crippen LogP contribution in [0.4, 0.5) is 11.4 Å². The van der Waals surface area contributed by atoms with Crippen LogP contribution in [0, 0.1) is 6.92 Å². The Morgan fingerprint density at radius 2 is 1.72 bits per heavy atom.